The minimum atomic E-state index is -2.11. The average molecular weight is 411 g/mol. The van der Waals surface area contributed by atoms with E-state index in [1.807, 2.05) is 13.8 Å². The van der Waals surface area contributed by atoms with Crippen LogP contribution < -0.4 is 5.69 Å². The van der Waals surface area contributed by atoms with Crippen molar-refractivity contribution in [2.75, 3.05) is 6.61 Å². The first-order valence-corrected chi connectivity index (χ1v) is 12.9. The number of hydrogen-bond acceptors (Lipinski definition) is 6. The Labute approximate surface area is 168 Å². The first-order valence-electron chi connectivity index (χ1n) is 10.00. The van der Waals surface area contributed by atoms with E-state index in [2.05, 4.69) is 38.8 Å². The standard InChI is InChI=1S/C20H34N2O5Si/c1-8-10-16(23)25-13-15-14(2)17(27-28(6,7)20(3,4)5)18(26-15)22-12-9-11-21-19(22)24/h9,11-12,14-15,17-18H,8,10,13H2,1-7H3/t14-,15+,17?,18+/m0/s1. The Morgan fingerprint density at radius 1 is 1.36 bits per heavy atom. The maximum atomic E-state index is 12.3. The van der Waals surface area contributed by atoms with E-state index in [4.69, 9.17) is 13.9 Å². The number of hydrogen-bond donors (Lipinski definition) is 0. The predicted octanol–water partition coefficient (Wildman–Crippen LogP) is 3.51. The van der Waals surface area contributed by atoms with Gasteiger partial charge in [0.25, 0.3) is 0 Å². The van der Waals surface area contributed by atoms with Gasteiger partial charge < -0.3 is 13.9 Å². The van der Waals surface area contributed by atoms with Crippen molar-refractivity contribution in [3.8, 4) is 0 Å². The fraction of sp³-hybridized carbons (Fsp3) is 0.750. The lowest BCUT2D eigenvalue weighted by Gasteiger charge is -2.40. The van der Waals surface area contributed by atoms with E-state index in [1.54, 1.807) is 12.3 Å². The number of carbonyl (C=O) groups excluding carboxylic acids is 1. The zero-order valence-corrected chi connectivity index (χ0v) is 19.1. The van der Waals surface area contributed by atoms with Crippen molar-refractivity contribution < 1.29 is 18.7 Å². The molecule has 1 saturated heterocycles. The minimum Gasteiger partial charge on any atom is -0.463 e. The summed E-state index contributed by atoms with van der Waals surface area (Å²) < 4.78 is 19.7. The quantitative estimate of drug-likeness (QED) is 0.505. The molecule has 0 N–H and O–H groups in total. The Hall–Kier alpha value is -1.51. The molecule has 0 spiro atoms. The van der Waals surface area contributed by atoms with Crippen LogP contribution in [0.2, 0.25) is 18.1 Å². The van der Waals surface area contributed by atoms with Gasteiger partial charge in [0.15, 0.2) is 14.5 Å². The molecule has 1 aromatic heterocycles. The van der Waals surface area contributed by atoms with Gasteiger partial charge in [0, 0.05) is 24.7 Å². The van der Waals surface area contributed by atoms with Gasteiger partial charge in [-0.1, -0.05) is 34.6 Å². The summed E-state index contributed by atoms with van der Waals surface area (Å²) in [6.45, 7) is 15.0. The van der Waals surface area contributed by atoms with Crippen LogP contribution in [-0.2, 0) is 18.7 Å². The van der Waals surface area contributed by atoms with E-state index in [0.717, 1.165) is 6.42 Å². The maximum Gasteiger partial charge on any atom is 0.349 e. The fourth-order valence-electron chi connectivity index (χ4n) is 2.96. The first-order chi connectivity index (χ1) is 13.0. The van der Waals surface area contributed by atoms with Gasteiger partial charge in [-0.25, -0.2) is 9.78 Å². The van der Waals surface area contributed by atoms with Gasteiger partial charge in [0.05, 0.1) is 12.2 Å². The molecule has 0 aromatic carbocycles. The topological polar surface area (TPSA) is 79.7 Å². The zero-order chi connectivity index (χ0) is 21.1. The van der Waals surface area contributed by atoms with Crippen molar-refractivity contribution in [2.45, 2.75) is 84.0 Å². The Kier molecular flexibility index (Phi) is 7.22. The van der Waals surface area contributed by atoms with Crippen LogP contribution in [0.3, 0.4) is 0 Å². The summed E-state index contributed by atoms with van der Waals surface area (Å²) in [7, 11) is -2.11. The lowest BCUT2D eigenvalue weighted by atomic mass is 10.0. The summed E-state index contributed by atoms with van der Waals surface area (Å²) in [6, 6.07) is 1.70. The number of nitrogens with zero attached hydrogens (tertiary/aromatic N) is 2. The highest BCUT2D eigenvalue weighted by atomic mass is 28.4. The summed E-state index contributed by atoms with van der Waals surface area (Å²) in [5, 5.41) is 0.0167. The average Bonchev–Trinajstić information content (AvgIpc) is 2.88. The molecule has 1 aliphatic heterocycles. The van der Waals surface area contributed by atoms with Crippen LogP contribution in [0.4, 0.5) is 0 Å². The highest BCUT2D eigenvalue weighted by Gasteiger charge is 2.49. The van der Waals surface area contributed by atoms with Crippen molar-refractivity contribution in [1.82, 2.24) is 9.55 Å². The maximum absolute atomic E-state index is 12.3. The van der Waals surface area contributed by atoms with Gasteiger partial charge in [-0.3, -0.25) is 9.36 Å². The molecule has 1 aromatic rings. The first kappa shape index (κ1) is 22.8. The largest absolute Gasteiger partial charge is 0.463 e. The second-order valence-corrected chi connectivity index (χ2v) is 13.8. The lowest BCUT2D eigenvalue weighted by Crippen LogP contribution is -2.47. The van der Waals surface area contributed by atoms with Crippen LogP contribution in [0.25, 0.3) is 0 Å². The Balaban J connectivity index is 2.28. The van der Waals surface area contributed by atoms with Gasteiger partial charge in [0.2, 0.25) is 0 Å². The van der Waals surface area contributed by atoms with Gasteiger partial charge in [-0.05, 0) is 30.6 Å². The minimum absolute atomic E-state index is 0.0167. The fourth-order valence-corrected chi connectivity index (χ4v) is 4.33. The summed E-state index contributed by atoms with van der Waals surface area (Å²) in [5.41, 5.74) is -0.382. The van der Waals surface area contributed by atoms with Crippen molar-refractivity contribution in [3.63, 3.8) is 0 Å². The zero-order valence-electron chi connectivity index (χ0n) is 18.1. The monoisotopic (exact) mass is 410 g/mol. The molecule has 1 aliphatic rings. The van der Waals surface area contributed by atoms with E-state index < -0.39 is 14.5 Å². The van der Waals surface area contributed by atoms with Crippen LogP contribution in [0.15, 0.2) is 23.3 Å². The highest BCUT2D eigenvalue weighted by molar-refractivity contribution is 6.74. The summed E-state index contributed by atoms with van der Waals surface area (Å²) in [5.74, 6) is -0.275. The van der Waals surface area contributed by atoms with Crippen molar-refractivity contribution >= 4 is 14.3 Å². The molecule has 2 heterocycles. The summed E-state index contributed by atoms with van der Waals surface area (Å²) in [6.07, 6.45) is 3.00. The second-order valence-electron chi connectivity index (χ2n) is 9.01. The molecular formula is C20H34N2O5Si. The van der Waals surface area contributed by atoms with Crippen LogP contribution in [0.1, 0.15) is 53.7 Å². The summed E-state index contributed by atoms with van der Waals surface area (Å²) in [4.78, 5) is 28.0. The second kappa shape index (κ2) is 8.88. The van der Waals surface area contributed by atoms with Gasteiger partial charge in [0.1, 0.15) is 6.61 Å². The normalized spacial score (nSPS) is 25.7. The van der Waals surface area contributed by atoms with E-state index in [0.29, 0.717) is 6.42 Å². The van der Waals surface area contributed by atoms with Crippen molar-refractivity contribution in [2.24, 2.45) is 5.92 Å². The highest BCUT2D eigenvalue weighted by Crippen LogP contribution is 2.43. The number of esters is 1. The molecule has 1 fully saturated rings. The molecule has 0 aliphatic carbocycles. The number of ether oxygens (including phenoxy) is 2. The molecule has 158 valence electrons. The van der Waals surface area contributed by atoms with E-state index in [9.17, 15) is 9.59 Å². The van der Waals surface area contributed by atoms with Gasteiger partial charge in [-0.15, -0.1) is 0 Å². The predicted molar refractivity (Wildman–Crippen MR) is 110 cm³/mol. The van der Waals surface area contributed by atoms with Gasteiger partial charge >= 0.3 is 11.7 Å². The van der Waals surface area contributed by atoms with Crippen LogP contribution in [-0.4, -0.2) is 42.7 Å². The number of aromatic nitrogens is 2. The van der Waals surface area contributed by atoms with E-state index in [1.165, 1.54) is 10.8 Å². The Bertz CT molecular complexity index is 728. The van der Waals surface area contributed by atoms with Crippen LogP contribution in [0, 0.1) is 5.92 Å². The molecule has 1 unspecified atom stereocenters. The molecule has 2 rings (SSSR count). The Morgan fingerprint density at radius 2 is 2.04 bits per heavy atom. The molecular weight excluding hydrogens is 376 g/mol. The SMILES string of the molecule is CCCC(=O)OC[C@H]1O[C@@H](n2cccnc2=O)C(O[Si](C)(C)C(C)(C)C)[C@H]1C. The lowest BCUT2D eigenvalue weighted by molar-refractivity contribution is -0.149. The van der Waals surface area contributed by atoms with E-state index in [-0.39, 0.29) is 41.4 Å². The molecule has 0 amide bonds. The third kappa shape index (κ3) is 5.10. The number of rotatable bonds is 7. The molecule has 0 bridgehead atoms. The van der Waals surface area contributed by atoms with Crippen LogP contribution >= 0.6 is 0 Å². The smallest absolute Gasteiger partial charge is 0.349 e. The van der Waals surface area contributed by atoms with Crippen molar-refractivity contribution in [3.05, 3.63) is 28.9 Å². The molecule has 4 atom stereocenters. The van der Waals surface area contributed by atoms with Gasteiger partial charge in [-0.2, -0.15) is 0 Å². The molecule has 7 nitrogen and oxygen atoms in total. The summed E-state index contributed by atoms with van der Waals surface area (Å²) >= 11 is 0. The van der Waals surface area contributed by atoms with E-state index >= 15 is 0 Å². The molecule has 0 radical (unpaired) electrons. The number of carbonyl (C=O) groups is 1. The van der Waals surface area contributed by atoms with Crippen LogP contribution in [0.5, 0.6) is 0 Å². The molecule has 0 saturated carbocycles. The third-order valence-electron chi connectivity index (χ3n) is 5.81. The molecule has 8 heteroatoms. The third-order valence-corrected chi connectivity index (χ3v) is 10.3. The Morgan fingerprint density at radius 3 is 2.61 bits per heavy atom. The molecule has 28 heavy (non-hydrogen) atoms. The van der Waals surface area contributed by atoms with Crippen molar-refractivity contribution in [1.29, 1.82) is 0 Å².